The van der Waals surface area contributed by atoms with Gasteiger partial charge in [0.25, 0.3) is 0 Å². The molecule has 1 N–H and O–H groups in total. The average molecular weight is 233 g/mol. The van der Waals surface area contributed by atoms with Gasteiger partial charge in [-0.2, -0.15) is 0 Å². The molecule has 0 amide bonds. The number of para-hydroxylation sites is 1. The number of nitrogens with one attached hydrogen (secondary N) is 1. The van der Waals surface area contributed by atoms with Crippen molar-refractivity contribution in [3.8, 4) is 0 Å². The highest BCUT2D eigenvalue weighted by molar-refractivity contribution is 5.86. The number of fused-ring (bicyclic) bond motifs is 1. The van der Waals surface area contributed by atoms with Crippen molar-refractivity contribution >= 4 is 22.1 Å². The normalized spacial score (nSPS) is 10.5. The molecule has 0 aliphatic heterocycles. The third-order valence-corrected chi connectivity index (χ3v) is 3.17. The number of anilines is 2. The zero-order valence-corrected chi connectivity index (χ0v) is 10.4. The molecular formula is C17H15N. The van der Waals surface area contributed by atoms with Crippen LogP contribution >= 0.6 is 0 Å². The largest absolute Gasteiger partial charge is 0.355 e. The van der Waals surface area contributed by atoms with Crippen LogP contribution in [-0.2, 0) is 0 Å². The fraction of sp³-hybridized carbons (Fsp3) is 0.0588. The van der Waals surface area contributed by atoms with E-state index in [9.17, 15) is 0 Å². The summed E-state index contributed by atoms with van der Waals surface area (Å²) in [6.07, 6.45) is 0. The highest BCUT2D eigenvalue weighted by Crippen LogP contribution is 2.23. The van der Waals surface area contributed by atoms with Gasteiger partial charge in [-0.05, 0) is 41.5 Å². The number of hydrogen-bond acceptors (Lipinski definition) is 1. The summed E-state index contributed by atoms with van der Waals surface area (Å²) >= 11 is 0. The van der Waals surface area contributed by atoms with Crippen LogP contribution in [0.15, 0.2) is 66.7 Å². The standard InChI is InChI=1S/C17H15N/c1-13-6-2-5-9-17(13)18-16-11-10-14-7-3-4-8-15(14)12-16/h2-12,18H,1H3. The maximum Gasteiger partial charge on any atom is 0.0413 e. The first kappa shape index (κ1) is 10.8. The predicted molar refractivity (Wildman–Crippen MR) is 78.4 cm³/mol. The van der Waals surface area contributed by atoms with Crippen LogP contribution in [0, 0.1) is 6.92 Å². The molecular weight excluding hydrogens is 218 g/mol. The van der Waals surface area contributed by atoms with Crippen molar-refractivity contribution in [1.29, 1.82) is 0 Å². The predicted octanol–water partition coefficient (Wildman–Crippen LogP) is 4.89. The Morgan fingerprint density at radius 1 is 0.722 bits per heavy atom. The molecule has 0 saturated heterocycles. The first-order valence-corrected chi connectivity index (χ1v) is 6.14. The van der Waals surface area contributed by atoms with E-state index in [0.717, 1.165) is 11.4 Å². The second kappa shape index (κ2) is 4.53. The van der Waals surface area contributed by atoms with Crippen molar-refractivity contribution in [2.75, 3.05) is 5.32 Å². The smallest absolute Gasteiger partial charge is 0.0413 e. The topological polar surface area (TPSA) is 12.0 Å². The summed E-state index contributed by atoms with van der Waals surface area (Å²) in [4.78, 5) is 0. The van der Waals surface area contributed by atoms with Crippen LogP contribution in [0.4, 0.5) is 11.4 Å². The first-order chi connectivity index (χ1) is 8.83. The molecule has 18 heavy (non-hydrogen) atoms. The third-order valence-electron chi connectivity index (χ3n) is 3.17. The van der Waals surface area contributed by atoms with Crippen molar-refractivity contribution in [1.82, 2.24) is 0 Å². The van der Waals surface area contributed by atoms with Crippen LogP contribution in [0.1, 0.15) is 5.56 Å². The highest BCUT2D eigenvalue weighted by atomic mass is 14.9. The summed E-state index contributed by atoms with van der Waals surface area (Å²) in [5.41, 5.74) is 3.54. The van der Waals surface area contributed by atoms with Gasteiger partial charge < -0.3 is 5.32 Å². The van der Waals surface area contributed by atoms with E-state index in [1.807, 2.05) is 0 Å². The van der Waals surface area contributed by atoms with Gasteiger partial charge in [-0.25, -0.2) is 0 Å². The molecule has 88 valence electrons. The van der Waals surface area contributed by atoms with Crippen LogP contribution in [0.2, 0.25) is 0 Å². The molecule has 0 aliphatic carbocycles. The van der Waals surface area contributed by atoms with Gasteiger partial charge in [-0.1, -0.05) is 48.5 Å². The Bertz CT molecular complexity index is 686. The molecule has 0 unspecified atom stereocenters. The van der Waals surface area contributed by atoms with E-state index in [4.69, 9.17) is 0 Å². The molecule has 0 heterocycles. The van der Waals surface area contributed by atoms with Crippen LogP contribution < -0.4 is 5.32 Å². The van der Waals surface area contributed by atoms with E-state index < -0.39 is 0 Å². The van der Waals surface area contributed by atoms with Crippen LogP contribution in [0.3, 0.4) is 0 Å². The van der Waals surface area contributed by atoms with Gasteiger partial charge in [-0.3, -0.25) is 0 Å². The van der Waals surface area contributed by atoms with Crippen molar-refractivity contribution in [3.05, 3.63) is 72.3 Å². The summed E-state index contributed by atoms with van der Waals surface area (Å²) < 4.78 is 0. The maximum atomic E-state index is 3.46. The molecule has 0 aliphatic rings. The van der Waals surface area contributed by atoms with Gasteiger partial charge in [0.05, 0.1) is 0 Å². The molecule has 0 radical (unpaired) electrons. The lowest BCUT2D eigenvalue weighted by molar-refractivity contribution is 1.44. The van der Waals surface area contributed by atoms with Gasteiger partial charge in [-0.15, -0.1) is 0 Å². The molecule has 0 fully saturated rings. The Morgan fingerprint density at radius 3 is 2.28 bits per heavy atom. The third kappa shape index (κ3) is 2.07. The highest BCUT2D eigenvalue weighted by Gasteiger charge is 1.99. The minimum Gasteiger partial charge on any atom is -0.355 e. The Labute approximate surface area is 107 Å². The summed E-state index contributed by atoms with van der Waals surface area (Å²) in [5.74, 6) is 0. The van der Waals surface area contributed by atoms with Gasteiger partial charge in [0.2, 0.25) is 0 Å². The van der Waals surface area contributed by atoms with Gasteiger partial charge in [0.15, 0.2) is 0 Å². The zero-order valence-electron chi connectivity index (χ0n) is 10.4. The SMILES string of the molecule is Cc1ccccc1Nc1ccc2ccccc2c1. The van der Waals surface area contributed by atoms with Gasteiger partial charge in [0.1, 0.15) is 0 Å². The lowest BCUT2D eigenvalue weighted by Gasteiger charge is -2.10. The van der Waals surface area contributed by atoms with E-state index >= 15 is 0 Å². The maximum absolute atomic E-state index is 3.46. The van der Waals surface area contributed by atoms with Crippen molar-refractivity contribution in [3.63, 3.8) is 0 Å². The first-order valence-electron chi connectivity index (χ1n) is 6.14. The molecule has 0 aromatic heterocycles. The summed E-state index contributed by atoms with van der Waals surface area (Å²) in [6, 6.07) is 23.2. The van der Waals surface area contributed by atoms with Crippen molar-refractivity contribution < 1.29 is 0 Å². The minimum atomic E-state index is 1.13. The molecule has 1 nitrogen and oxygen atoms in total. The second-order valence-electron chi connectivity index (χ2n) is 4.50. The fourth-order valence-electron chi connectivity index (χ4n) is 2.14. The molecule has 3 aromatic rings. The Morgan fingerprint density at radius 2 is 1.44 bits per heavy atom. The quantitative estimate of drug-likeness (QED) is 0.664. The lowest BCUT2D eigenvalue weighted by Crippen LogP contribution is -1.92. The van der Waals surface area contributed by atoms with E-state index in [0.29, 0.717) is 0 Å². The van der Waals surface area contributed by atoms with E-state index in [-0.39, 0.29) is 0 Å². The molecule has 3 aromatic carbocycles. The van der Waals surface area contributed by atoms with Crippen molar-refractivity contribution in [2.24, 2.45) is 0 Å². The Kier molecular flexibility index (Phi) is 2.73. The monoisotopic (exact) mass is 233 g/mol. The number of hydrogen-bond donors (Lipinski definition) is 1. The van der Waals surface area contributed by atoms with Crippen LogP contribution in [-0.4, -0.2) is 0 Å². The van der Waals surface area contributed by atoms with Crippen molar-refractivity contribution in [2.45, 2.75) is 6.92 Å². The zero-order chi connectivity index (χ0) is 12.4. The lowest BCUT2D eigenvalue weighted by atomic mass is 10.1. The molecule has 0 bridgehead atoms. The molecule has 1 heteroatoms. The molecule has 0 atom stereocenters. The number of benzene rings is 3. The summed E-state index contributed by atoms with van der Waals surface area (Å²) in [5, 5.41) is 6.00. The number of rotatable bonds is 2. The van der Waals surface area contributed by atoms with E-state index in [1.165, 1.54) is 16.3 Å². The van der Waals surface area contributed by atoms with Gasteiger partial charge >= 0.3 is 0 Å². The van der Waals surface area contributed by atoms with Crippen LogP contribution in [0.25, 0.3) is 10.8 Å². The van der Waals surface area contributed by atoms with Crippen LogP contribution in [0.5, 0.6) is 0 Å². The van der Waals surface area contributed by atoms with Gasteiger partial charge in [0, 0.05) is 11.4 Å². The molecule has 3 rings (SSSR count). The average Bonchev–Trinajstić information content (AvgIpc) is 2.41. The fourth-order valence-corrected chi connectivity index (χ4v) is 2.14. The summed E-state index contributed by atoms with van der Waals surface area (Å²) in [7, 11) is 0. The Balaban J connectivity index is 1.98. The number of aryl methyl sites for hydroxylation is 1. The molecule has 0 spiro atoms. The minimum absolute atomic E-state index is 1.13. The molecule has 0 saturated carbocycles. The van der Waals surface area contributed by atoms with E-state index in [1.54, 1.807) is 0 Å². The second-order valence-corrected chi connectivity index (χ2v) is 4.50. The summed E-state index contributed by atoms with van der Waals surface area (Å²) in [6.45, 7) is 2.11. The Hall–Kier alpha value is -2.28. The van der Waals surface area contributed by atoms with E-state index in [2.05, 4.69) is 79.0 Å².